The van der Waals surface area contributed by atoms with Gasteiger partial charge >= 0.3 is 0 Å². The van der Waals surface area contributed by atoms with Gasteiger partial charge in [0.2, 0.25) is 0 Å². The van der Waals surface area contributed by atoms with Crippen LogP contribution in [0.4, 0.5) is 4.39 Å². The van der Waals surface area contributed by atoms with Crippen molar-refractivity contribution in [1.82, 2.24) is 0 Å². The van der Waals surface area contributed by atoms with Crippen molar-refractivity contribution in [2.24, 2.45) is 5.73 Å². The summed E-state index contributed by atoms with van der Waals surface area (Å²) in [4.78, 5) is 0. The molecule has 18 heavy (non-hydrogen) atoms. The summed E-state index contributed by atoms with van der Waals surface area (Å²) in [5.74, 6) is -0.0375. The fraction of sp³-hybridized carbons (Fsp3) is 0.600. The molecule has 104 valence electrons. The Morgan fingerprint density at radius 2 is 1.78 bits per heavy atom. The number of ether oxygens (including phenoxy) is 1. The Labute approximate surface area is 110 Å². The topological polar surface area (TPSA) is 35.2 Å². The summed E-state index contributed by atoms with van der Waals surface area (Å²) < 4.78 is 18.4. The Balaban J connectivity index is 0.000000631. The molecule has 0 aliphatic rings. The van der Waals surface area contributed by atoms with E-state index in [0.717, 1.165) is 12.0 Å². The van der Waals surface area contributed by atoms with Crippen molar-refractivity contribution in [3.05, 3.63) is 29.6 Å². The number of benzene rings is 1. The number of rotatable bonds is 5. The maximum Gasteiger partial charge on any atom is 0.165 e. The van der Waals surface area contributed by atoms with Crippen molar-refractivity contribution in [2.45, 2.75) is 53.0 Å². The molecule has 0 saturated heterocycles. The summed E-state index contributed by atoms with van der Waals surface area (Å²) in [6, 6.07) is 4.64. The predicted octanol–water partition coefficient (Wildman–Crippen LogP) is 4.44. The standard InChI is InChI=1S/C11H16FNO.C4H10/c1-3-6-14-11-7-9(8(2)13)4-5-10(11)12;1-3-4-2/h4-5,7-8H,3,6,13H2,1-2H3;3-4H2,1-2H3. The molecule has 0 aliphatic heterocycles. The van der Waals surface area contributed by atoms with E-state index in [2.05, 4.69) is 13.8 Å². The van der Waals surface area contributed by atoms with E-state index >= 15 is 0 Å². The lowest BCUT2D eigenvalue weighted by atomic mass is 10.1. The van der Waals surface area contributed by atoms with Gasteiger partial charge in [0, 0.05) is 6.04 Å². The van der Waals surface area contributed by atoms with Crippen LogP contribution < -0.4 is 10.5 Å². The molecule has 2 N–H and O–H groups in total. The maximum absolute atomic E-state index is 13.2. The smallest absolute Gasteiger partial charge is 0.165 e. The van der Waals surface area contributed by atoms with E-state index in [0.29, 0.717) is 12.4 Å². The van der Waals surface area contributed by atoms with Gasteiger partial charge in [0.25, 0.3) is 0 Å². The highest BCUT2D eigenvalue weighted by Gasteiger charge is 2.06. The minimum absolute atomic E-state index is 0.0976. The van der Waals surface area contributed by atoms with Gasteiger partial charge in [-0.2, -0.15) is 0 Å². The lowest BCUT2D eigenvalue weighted by Gasteiger charge is -2.10. The zero-order valence-electron chi connectivity index (χ0n) is 12.0. The Bertz CT molecular complexity index is 324. The highest BCUT2D eigenvalue weighted by Crippen LogP contribution is 2.21. The molecule has 1 rings (SSSR count). The number of nitrogens with two attached hydrogens (primary N) is 1. The van der Waals surface area contributed by atoms with Crippen molar-refractivity contribution < 1.29 is 9.13 Å². The molecule has 0 aliphatic carbocycles. The average Bonchev–Trinajstić information content (AvgIpc) is 2.37. The number of hydrogen-bond acceptors (Lipinski definition) is 2. The predicted molar refractivity (Wildman–Crippen MR) is 75.4 cm³/mol. The molecule has 0 amide bonds. The van der Waals surface area contributed by atoms with Crippen LogP contribution >= 0.6 is 0 Å². The second kappa shape index (κ2) is 9.89. The van der Waals surface area contributed by atoms with E-state index < -0.39 is 0 Å². The van der Waals surface area contributed by atoms with Gasteiger partial charge in [0.05, 0.1) is 6.61 Å². The lowest BCUT2D eigenvalue weighted by molar-refractivity contribution is 0.301. The summed E-state index contributed by atoms with van der Waals surface area (Å²) in [7, 11) is 0. The van der Waals surface area contributed by atoms with Gasteiger partial charge in [-0.15, -0.1) is 0 Å². The largest absolute Gasteiger partial charge is 0.491 e. The Morgan fingerprint density at radius 3 is 2.22 bits per heavy atom. The third-order valence-corrected chi connectivity index (χ3v) is 2.44. The van der Waals surface area contributed by atoms with Crippen molar-refractivity contribution in [3.63, 3.8) is 0 Å². The molecule has 1 atom stereocenters. The number of hydrogen-bond donors (Lipinski definition) is 1. The van der Waals surface area contributed by atoms with Crippen molar-refractivity contribution in [1.29, 1.82) is 0 Å². The molecular weight excluding hydrogens is 229 g/mol. The van der Waals surface area contributed by atoms with Gasteiger partial charge in [-0.05, 0) is 31.0 Å². The summed E-state index contributed by atoms with van der Waals surface area (Å²) >= 11 is 0. The van der Waals surface area contributed by atoms with Gasteiger partial charge in [-0.3, -0.25) is 0 Å². The highest BCUT2D eigenvalue weighted by atomic mass is 19.1. The Morgan fingerprint density at radius 1 is 1.17 bits per heavy atom. The number of unbranched alkanes of at least 4 members (excludes halogenated alkanes) is 1. The fourth-order valence-electron chi connectivity index (χ4n) is 1.13. The quantitative estimate of drug-likeness (QED) is 0.844. The molecule has 0 bridgehead atoms. The van der Waals surface area contributed by atoms with Crippen LogP contribution in [0.1, 0.15) is 58.6 Å². The van der Waals surface area contributed by atoms with Crippen LogP contribution in [0.25, 0.3) is 0 Å². The van der Waals surface area contributed by atoms with Crippen molar-refractivity contribution in [3.8, 4) is 5.75 Å². The van der Waals surface area contributed by atoms with Gasteiger partial charge in [0.1, 0.15) is 0 Å². The molecule has 0 heterocycles. The first-order chi connectivity index (χ1) is 8.56. The van der Waals surface area contributed by atoms with Crippen LogP contribution in [-0.2, 0) is 0 Å². The zero-order valence-corrected chi connectivity index (χ0v) is 12.0. The van der Waals surface area contributed by atoms with Crippen LogP contribution in [0.2, 0.25) is 0 Å². The van der Waals surface area contributed by atoms with Crippen molar-refractivity contribution in [2.75, 3.05) is 6.61 Å². The summed E-state index contributed by atoms with van der Waals surface area (Å²) in [6.45, 7) is 8.73. The minimum atomic E-state index is -0.331. The monoisotopic (exact) mass is 255 g/mol. The van der Waals surface area contributed by atoms with Crippen LogP contribution in [-0.4, -0.2) is 6.61 Å². The molecule has 0 fully saturated rings. The molecular formula is C15H26FNO. The molecule has 2 nitrogen and oxygen atoms in total. The highest BCUT2D eigenvalue weighted by molar-refractivity contribution is 5.31. The van der Waals surface area contributed by atoms with E-state index in [9.17, 15) is 4.39 Å². The fourth-order valence-corrected chi connectivity index (χ4v) is 1.13. The van der Waals surface area contributed by atoms with Crippen LogP contribution in [0.3, 0.4) is 0 Å². The molecule has 1 aromatic carbocycles. The van der Waals surface area contributed by atoms with Crippen LogP contribution in [0, 0.1) is 5.82 Å². The van der Waals surface area contributed by atoms with E-state index in [-0.39, 0.29) is 11.9 Å². The van der Waals surface area contributed by atoms with Gasteiger partial charge < -0.3 is 10.5 Å². The van der Waals surface area contributed by atoms with E-state index in [1.165, 1.54) is 18.9 Å². The normalized spacial score (nSPS) is 11.4. The van der Waals surface area contributed by atoms with Crippen molar-refractivity contribution >= 4 is 0 Å². The first-order valence-electron chi connectivity index (χ1n) is 6.74. The molecule has 1 unspecified atom stereocenters. The molecule has 0 saturated carbocycles. The molecule has 0 spiro atoms. The van der Waals surface area contributed by atoms with Crippen LogP contribution in [0.5, 0.6) is 5.75 Å². The molecule has 0 radical (unpaired) electrons. The summed E-state index contributed by atoms with van der Waals surface area (Å²) in [5.41, 5.74) is 6.57. The van der Waals surface area contributed by atoms with Gasteiger partial charge in [-0.25, -0.2) is 4.39 Å². The number of halogens is 1. The minimum Gasteiger partial charge on any atom is -0.491 e. The molecule has 3 heteroatoms. The molecule has 1 aromatic rings. The van der Waals surface area contributed by atoms with Crippen LogP contribution in [0.15, 0.2) is 18.2 Å². The first kappa shape index (κ1) is 16.9. The SMILES string of the molecule is CCCC.CCCOc1cc(C(C)N)ccc1F. The van der Waals surface area contributed by atoms with E-state index in [1.807, 2.05) is 13.8 Å². The third kappa shape index (κ3) is 6.60. The van der Waals surface area contributed by atoms with E-state index in [4.69, 9.17) is 10.5 Å². The zero-order chi connectivity index (χ0) is 14.0. The first-order valence-corrected chi connectivity index (χ1v) is 6.74. The Hall–Kier alpha value is -1.09. The van der Waals surface area contributed by atoms with Gasteiger partial charge in [0.15, 0.2) is 11.6 Å². The molecule has 0 aromatic heterocycles. The Kier molecular flexibility index (Phi) is 9.29. The second-order valence-corrected chi connectivity index (χ2v) is 4.33. The van der Waals surface area contributed by atoms with Gasteiger partial charge in [-0.1, -0.05) is 39.7 Å². The summed E-state index contributed by atoms with van der Waals surface area (Å²) in [6.07, 6.45) is 3.50. The average molecular weight is 255 g/mol. The third-order valence-electron chi connectivity index (χ3n) is 2.44. The summed E-state index contributed by atoms with van der Waals surface area (Å²) in [5, 5.41) is 0. The van der Waals surface area contributed by atoms with E-state index in [1.54, 1.807) is 12.1 Å². The second-order valence-electron chi connectivity index (χ2n) is 4.33. The maximum atomic E-state index is 13.2. The lowest BCUT2D eigenvalue weighted by Crippen LogP contribution is -2.06.